The SMILES string of the molecule is NCc1c(-c2ccc(Cl)cc2)cc(-c2ccccc2)nc1N. The second-order valence-corrected chi connectivity index (χ2v) is 5.43. The first kappa shape index (κ1) is 14.6. The van der Waals surface area contributed by atoms with Crippen LogP contribution in [0.3, 0.4) is 0 Å². The summed E-state index contributed by atoms with van der Waals surface area (Å²) in [6.45, 7) is 0.339. The molecule has 0 unspecified atom stereocenters. The largest absolute Gasteiger partial charge is 0.383 e. The number of hydrogen-bond acceptors (Lipinski definition) is 3. The Morgan fingerprint density at radius 3 is 2.23 bits per heavy atom. The summed E-state index contributed by atoms with van der Waals surface area (Å²) >= 11 is 5.97. The minimum atomic E-state index is 0.339. The van der Waals surface area contributed by atoms with Gasteiger partial charge in [-0.05, 0) is 29.3 Å². The molecule has 0 bridgehead atoms. The van der Waals surface area contributed by atoms with E-state index in [9.17, 15) is 0 Å². The van der Waals surface area contributed by atoms with Crippen molar-refractivity contribution in [1.82, 2.24) is 4.98 Å². The summed E-state index contributed by atoms with van der Waals surface area (Å²) < 4.78 is 0. The zero-order valence-corrected chi connectivity index (χ0v) is 12.7. The molecule has 0 fully saturated rings. The lowest BCUT2D eigenvalue weighted by Gasteiger charge is -2.13. The van der Waals surface area contributed by atoms with Gasteiger partial charge >= 0.3 is 0 Å². The maximum atomic E-state index is 6.12. The third kappa shape index (κ3) is 2.82. The number of rotatable bonds is 3. The van der Waals surface area contributed by atoms with Crippen molar-refractivity contribution in [2.75, 3.05) is 5.73 Å². The fourth-order valence-electron chi connectivity index (χ4n) is 2.45. The van der Waals surface area contributed by atoms with Gasteiger partial charge in [0.25, 0.3) is 0 Å². The molecule has 0 aliphatic carbocycles. The zero-order chi connectivity index (χ0) is 15.5. The lowest BCUT2D eigenvalue weighted by molar-refractivity contribution is 1.06. The Balaban J connectivity index is 2.19. The molecule has 0 saturated carbocycles. The summed E-state index contributed by atoms with van der Waals surface area (Å²) in [6, 6.07) is 19.6. The number of hydrogen-bond donors (Lipinski definition) is 2. The fourth-order valence-corrected chi connectivity index (χ4v) is 2.58. The Morgan fingerprint density at radius 1 is 0.909 bits per heavy atom. The summed E-state index contributed by atoms with van der Waals surface area (Å²) in [5, 5.41) is 0.698. The Hall–Kier alpha value is -2.36. The molecular weight excluding hydrogens is 294 g/mol. The maximum Gasteiger partial charge on any atom is 0.129 e. The van der Waals surface area contributed by atoms with Crippen molar-refractivity contribution in [3.05, 3.63) is 71.2 Å². The van der Waals surface area contributed by atoms with Crippen molar-refractivity contribution in [1.29, 1.82) is 0 Å². The van der Waals surface area contributed by atoms with Crippen LogP contribution in [0.4, 0.5) is 5.82 Å². The van der Waals surface area contributed by atoms with Gasteiger partial charge in [0.05, 0.1) is 5.69 Å². The van der Waals surface area contributed by atoms with Gasteiger partial charge in [0, 0.05) is 22.7 Å². The molecule has 1 aromatic heterocycles. The smallest absolute Gasteiger partial charge is 0.129 e. The molecule has 3 rings (SSSR count). The van der Waals surface area contributed by atoms with E-state index in [0.29, 0.717) is 17.4 Å². The van der Waals surface area contributed by atoms with E-state index in [4.69, 9.17) is 23.1 Å². The van der Waals surface area contributed by atoms with E-state index >= 15 is 0 Å². The third-order valence-electron chi connectivity index (χ3n) is 3.59. The molecule has 110 valence electrons. The van der Waals surface area contributed by atoms with Gasteiger partial charge in [-0.25, -0.2) is 4.98 Å². The number of halogens is 1. The van der Waals surface area contributed by atoms with Crippen LogP contribution in [0, 0.1) is 0 Å². The molecule has 4 N–H and O–H groups in total. The molecule has 4 heteroatoms. The van der Waals surface area contributed by atoms with E-state index in [-0.39, 0.29) is 0 Å². The maximum absolute atomic E-state index is 6.12. The summed E-state index contributed by atoms with van der Waals surface area (Å²) in [7, 11) is 0. The molecule has 0 amide bonds. The van der Waals surface area contributed by atoms with Gasteiger partial charge in [0.1, 0.15) is 5.82 Å². The highest BCUT2D eigenvalue weighted by molar-refractivity contribution is 6.30. The lowest BCUT2D eigenvalue weighted by Crippen LogP contribution is -2.07. The van der Waals surface area contributed by atoms with Crippen LogP contribution in [0.5, 0.6) is 0 Å². The summed E-state index contributed by atoms with van der Waals surface area (Å²) in [5.41, 5.74) is 16.7. The minimum Gasteiger partial charge on any atom is -0.383 e. The molecule has 3 aromatic rings. The molecular formula is C18H16ClN3. The summed E-state index contributed by atoms with van der Waals surface area (Å²) in [6.07, 6.45) is 0. The summed E-state index contributed by atoms with van der Waals surface area (Å²) in [5.74, 6) is 0.466. The van der Waals surface area contributed by atoms with E-state index in [1.165, 1.54) is 0 Å². The molecule has 22 heavy (non-hydrogen) atoms. The zero-order valence-electron chi connectivity index (χ0n) is 12.0. The number of benzene rings is 2. The quantitative estimate of drug-likeness (QED) is 0.765. The number of nitrogens with zero attached hydrogens (tertiary/aromatic N) is 1. The predicted molar refractivity (Wildman–Crippen MR) is 92.4 cm³/mol. The molecule has 0 aliphatic rings. The van der Waals surface area contributed by atoms with Crippen molar-refractivity contribution >= 4 is 17.4 Å². The number of nitrogen functional groups attached to an aromatic ring is 1. The van der Waals surface area contributed by atoms with E-state index < -0.39 is 0 Å². The highest BCUT2D eigenvalue weighted by Crippen LogP contribution is 2.31. The second-order valence-electron chi connectivity index (χ2n) is 5.00. The van der Waals surface area contributed by atoms with E-state index in [2.05, 4.69) is 4.98 Å². The normalized spacial score (nSPS) is 10.6. The van der Waals surface area contributed by atoms with Gasteiger partial charge in [0.15, 0.2) is 0 Å². The monoisotopic (exact) mass is 309 g/mol. The van der Waals surface area contributed by atoms with E-state index in [0.717, 1.165) is 27.9 Å². The molecule has 0 saturated heterocycles. The van der Waals surface area contributed by atoms with Gasteiger partial charge in [-0.2, -0.15) is 0 Å². The number of nitrogens with two attached hydrogens (primary N) is 2. The van der Waals surface area contributed by atoms with Crippen LogP contribution in [0.15, 0.2) is 60.7 Å². The minimum absolute atomic E-state index is 0.339. The van der Waals surface area contributed by atoms with E-state index in [1.54, 1.807) is 0 Å². The van der Waals surface area contributed by atoms with Crippen LogP contribution >= 0.6 is 11.6 Å². The first-order chi connectivity index (χ1) is 10.7. The standard InChI is InChI=1S/C18H16ClN3/c19-14-8-6-12(7-9-14)15-10-17(13-4-2-1-3-5-13)22-18(21)16(15)11-20/h1-10H,11,20H2,(H2,21,22). The van der Waals surface area contributed by atoms with Crippen molar-refractivity contribution in [2.45, 2.75) is 6.54 Å². The first-order valence-corrected chi connectivity index (χ1v) is 7.37. The van der Waals surface area contributed by atoms with Crippen LogP contribution in [-0.2, 0) is 6.54 Å². The number of pyridine rings is 1. The second kappa shape index (κ2) is 6.18. The van der Waals surface area contributed by atoms with Crippen LogP contribution in [-0.4, -0.2) is 4.98 Å². The van der Waals surface area contributed by atoms with E-state index in [1.807, 2.05) is 60.7 Å². The Labute approximate surface area is 134 Å². The molecule has 0 atom stereocenters. The molecule has 3 nitrogen and oxygen atoms in total. The average Bonchev–Trinajstić information content (AvgIpc) is 2.55. The number of anilines is 1. The lowest BCUT2D eigenvalue weighted by atomic mass is 9.98. The van der Waals surface area contributed by atoms with Crippen molar-refractivity contribution in [3.8, 4) is 22.4 Å². The number of aromatic nitrogens is 1. The Bertz CT molecular complexity index is 783. The summed E-state index contributed by atoms with van der Waals surface area (Å²) in [4.78, 5) is 4.49. The van der Waals surface area contributed by atoms with Crippen molar-refractivity contribution < 1.29 is 0 Å². The molecule has 1 heterocycles. The molecule has 0 radical (unpaired) electrons. The fraction of sp³-hybridized carbons (Fsp3) is 0.0556. The van der Waals surface area contributed by atoms with Crippen LogP contribution in [0.1, 0.15) is 5.56 Å². The van der Waals surface area contributed by atoms with Gasteiger partial charge in [-0.1, -0.05) is 54.1 Å². The van der Waals surface area contributed by atoms with Crippen molar-refractivity contribution in [3.63, 3.8) is 0 Å². The van der Waals surface area contributed by atoms with Gasteiger partial charge in [-0.15, -0.1) is 0 Å². The molecule has 0 spiro atoms. The molecule has 0 aliphatic heterocycles. The third-order valence-corrected chi connectivity index (χ3v) is 3.84. The van der Waals surface area contributed by atoms with Crippen molar-refractivity contribution in [2.24, 2.45) is 5.73 Å². The van der Waals surface area contributed by atoms with Crippen LogP contribution < -0.4 is 11.5 Å². The predicted octanol–water partition coefficient (Wildman–Crippen LogP) is 4.11. The highest BCUT2D eigenvalue weighted by atomic mass is 35.5. The molecule has 2 aromatic carbocycles. The van der Waals surface area contributed by atoms with Gasteiger partial charge in [-0.3, -0.25) is 0 Å². The Morgan fingerprint density at radius 2 is 1.59 bits per heavy atom. The van der Waals surface area contributed by atoms with Crippen LogP contribution in [0.25, 0.3) is 22.4 Å². The van der Waals surface area contributed by atoms with Gasteiger partial charge < -0.3 is 11.5 Å². The topological polar surface area (TPSA) is 64.9 Å². The average molecular weight is 310 g/mol. The van der Waals surface area contributed by atoms with Crippen LogP contribution in [0.2, 0.25) is 5.02 Å². The first-order valence-electron chi connectivity index (χ1n) is 7.00. The van der Waals surface area contributed by atoms with Gasteiger partial charge in [0.2, 0.25) is 0 Å². The Kier molecular flexibility index (Phi) is 4.09. The highest BCUT2D eigenvalue weighted by Gasteiger charge is 2.12.